The van der Waals surface area contributed by atoms with Crippen LogP contribution in [-0.2, 0) is 0 Å². The highest BCUT2D eigenvalue weighted by Crippen LogP contribution is 2.16. The molecule has 1 aromatic rings. The number of carbonyl (C=O) groups is 1. The Morgan fingerprint density at radius 1 is 1.24 bits per heavy atom. The highest BCUT2D eigenvalue weighted by molar-refractivity contribution is 5.94. The molecule has 0 atom stereocenters. The minimum atomic E-state index is -0.528. The van der Waals surface area contributed by atoms with Gasteiger partial charge >= 0.3 is 0 Å². The second-order valence-electron chi connectivity index (χ2n) is 5.18. The molecule has 1 aliphatic heterocycles. The molecule has 0 bridgehead atoms. The number of hydrogen-bond donors (Lipinski definition) is 1. The molecule has 1 aliphatic rings. The first kappa shape index (κ1) is 15.5. The van der Waals surface area contributed by atoms with Gasteiger partial charge in [0.2, 0.25) is 0 Å². The fraction of sp³-hybridized carbons (Fsp3) is 0.471. The van der Waals surface area contributed by atoms with Gasteiger partial charge in [-0.05, 0) is 31.0 Å². The summed E-state index contributed by atoms with van der Waals surface area (Å²) in [7, 11) is 0. The van der Waals surface area contributed by atoms with E-state index in [1.807, 2.05) is 0 Å². The largest absolute Gasteiger partial charge is 0.395 e. The van der Waals surface area contributed by atoms with E-state index in [0.29, 0.717) is 25.1 Å². The zero-order valence-electron chi connectivity index (χ0n) is 12.1. The molecule has 1 amide bonds. The van der Waals surface area contributed by atoms with Crippen molar-refractivity contribution in [1.29, 1.82) is 0 Å². The number of aliphatic hydroxyl groups excluding tert-OH is 1. The first-order valence-electron chi connectivity index (χ1n) is 7.41. The van der Waals surface area contributed by atoms with Crippen LogP contribution in [-0.4, -0.2) is 35.6 Å². The Kier molecular flexibility index (Phi) is 5.77. The summed E-state index contributed by atoms with van der Waals surface area (Å²) in [5.41, 5.74) is 0.637. The molecule has 3 nitrogen and oxygen atoms in total. The van der Waals surface area contributed by atoms with Gasteiger partial charge in [0.05, 0.1) is 12.2 Å². The Bertz CT molecular complexity index is 552. The van der Waals surface area contributed by atoms with Gasteiger partial charge in [-0.25, -0.2) is 4.39 Å². The van der Waals surface area contributed by atoms with Gasteiger partial charge in [0.25, 0.3) is 5.91 Å². The molecule has 4 heteroatoms. The first-order chi connectivity index (χ1) is 10.2. The van der Waals surface area contributed by atoms with Gasteiger partial charge in [-0.2, -0.15) is 0 Å². The summed E-state index contributed by atoms with van der Waals surface area (Å²) >= 11 is 0. The predicted molar refractivity (Wildman–Crippen MR) is 79.4 cm³/mol. The van der Waals surface area contributed by atoms with E-state index >= 15 is 0 Å². The highest BCUT2D eigenvalue weighted by atomic mass is 19.1. The van der Waals surface area contributed by atoms with Crippen LogP contribution in [0.3, 0.4) is 0 Å². The van der Waals surface area contributed by atoms with Gasteiger partial charge in [-0.1, -0.05) is 24.7 Å². The summed E-state index contributed by atoms with van der Waals surface area (Å²) in [4.78, 5) is 14.1. The SMILES string of the molecule is O=C(c1ccc(C#CCCO)cc1F)N1CCCCCC1. The van der Waals surface area contributed by atoms with Gasteiger partial charge < -0.3 is 10.0 Å². The van der Waals surface area contributed by atoms with E-state index in [1.165, 1.54) is 12.1 Å². The minimum absolute atomic E-state index is 0.0129. The zero-order chi connectivity index (χ0) is 15.1. The zero-order valence-corrected chi connectivity index (χ0v) is 12.1. The lowest BCUT2D eigenvalue weighted by Gasteiger charge is -2.20. The molecule has 1 fully saturated rings. The van der Waals surface area contributed by atoms with Crippen LogP contribution in [0, 0.1) is 17.7 Å². The maximum absolute atomic E-state index is 14.1. The molecule has 21 heavy (non-hydrogen) atoms. The van der Waals surface area contributed by atoms with E-state index in [4.69, 9.17) is 5.11 Å². The maximum Gasteiger partial charge on any atom is 0.256 e. The molecule has 0 aliphatic carbocycles. The molecule has 1 aromatic carbocycles. The van der Waals surface area contributed by atoms with Crippen molar-refractivity contribution in [2.24, 2.45) is 0 Å². The number of likely N-dealkylation sites (tertiary alicyclic amines) is 1. The van der Waals surface area contributed by atoms with Crippen LogP contribution in [0.25, 0.3) is 0 Å². The number of aliphatic hydroxyl groups is 1. The maximum atomic E-state index is 14.1. The van der Waals surface area contributed by atoms with Crippen LogP contribution in [0.1, 0.15) is 48.0 Å². The molecule has 0 spiro atoms. The van der Waals surface area contributed by atoms with Gasteiger partial charge in [-0.3, -0.25) is 4.79 Å². The van der Waals surface area contributed by atoms with E-state index in [0.717, 1.165) is 25.7 Å². The molecule has 0 aromatic heterocycles. The average Bonchev–Trinajstić information content (AvgIpc) is 2.76. The Morgan fingerprint density at radius 2 is 1.95 bits per heavy atom. The number of carbonyl (C=O) groups excluding carboxylic acids is 1. The lowest BCUT2D eigenvalue weighted by atomic mass is 10.1. The molecule has 0 unspecified atom stereocenters. The van der Waals surface area contributed by atoms with Crippen LogP contribution in [0.2, 0.25) is 0 Å². The van der Waals surface area contributed by atoms with E-state index in [1.54, 1.807) is 11.0 Å². The van der Waals surface area contributed by atoms with Crippen molar-refractivity contribution < 1.29 is 14.3 Å². The lowest BCUT2D eigenvalue weighted by molar-refractivity contribution is 0.0757. The average molecular weight is 289 g/mol. The van der Waals surface area contributed by atoms with Crippen molar-refractivity contribution in [3.05, 3.63) is 35.1 Å². The van der Waals surface area contributed by atoms with E-state index in [2.05, 4.69) is 11.8 Å². The van der Waals surface area contributed by atoms with Crippen LogP contribution in [0.15, 0.2) is 18.2 Å². The van der Waals surface area contributed by atoms with Gasteiger partial charge in [0.1, 0.15) is 5.82 Å². The molecule has 1 heterocycles. The number of benzene rings is 1. The van der Waals surface area contributed by atoms with Crippen molar-refractivity contribution in [3.63, 3.8) is 0 Å². The van der Waals surface area contributed by atoms with Crippen molar-refractivity contribution in [2.75, 3.05) is 19.7 Å². The summed E-state index contributed by atoms with van der Waals surface area (Å²) < 4.78 is 14.1. The molecule has 0 saturated carbocycles. The molecular formula is C17H20FNO2. The molecule has 0 radical (unpaired) electrons. The molecule has 1 N–H and O–H groups in total. The molecular weight excluding hydrogens is 269 g/mol. The number of halogens is 1. The number of rotatable bonds is 2. The smallest absolute Gasteiger partial charge is 0.256 e. The lowest BCUT2D eigenvalue weighted by Crippen LogP contribution is -2.32. The second kappa shape index (κ2) is 7.80. The minimum Gasteiger partial charge on any atom is -0.395 e. The van der Waals surface area contributed by atoms with E-state index < -0.39 is 5.82 Å². The van der Waals surface area contributed by atoms with Crippen LogP contribution < -0.4 is 0 Å². The number of nitrogens with zero attached hydrogens (tertiary/aromatic N) is 1. The van der Waals surface area contributed by atoms with Crippen LogP contribution >= 0.6 is 0 Å². The normalized spacial score (nSPS) is 15.0. The fourth-order valence-electron chi connectivity index (χ4n) is 2.43. The molecule has 2 rings (SSSR count). The molecule has 112 valence electrons. The van der Waals surface area contributed by atoms with Gasteiger partial charge in [-0.15, -0.1) is 0 Å². The summed E-state index contributed by atoms with van der Waals surface area (Å²) in [6, 6.07) is 4.44. The van der Waals surface area contributed by atoms with E-state index in [-0.39, 0.29) is 18.1 Å². The van der Waals surface area contributed by atoms with E-state index in [9.17, 15) is 9.18 Å². The third-order valence-electron chi connectivity index (χ3n) is 3.56. The standard InChI is InChI=1S/C17H20FNO2/c18-16-13-14(7-3-6-12-20)8-9-15(16)17(21)19-10-4-1-2-5-11-19/h8-9,13,20H,1-2,4-6,10-12H2. The number of hydrogen-bond acceptors (Lipinski definition) is 2. The summed E-state index contributed by atoms with van der Waals surface area (Å²) in [6.07, 6.45) is 4.59. The predicted octanol–water partition coefficient (Wildman–Crippen LogP) is 2.58. The Balaban J connectivity index is 2.12. The summed E-state index contributed by atoms with van der Waals surface area (Å²) in [5, 5.41) is 8.66. The van der Waals surface area contributed by atoms with Crippen molar-refractivity contribution in [1.82, 2.24) is 4.90 Å². The van der Waals surface area contributed by atoms with Crippen molar-refractivity contribution in [3.8, 4) is 11.8 Å². The second-order valence-corrected chi connectivity index (χ2v) is 5.18. The Labute approximate surface area is 124 Å². The topological polar surface area (TPSA) is 40.5 Å². The quantitative estimate of drug-likeness (QED) is 0.850. The Hall–Kier alpha value is -1.86. The number of amides is 1. The van der Waals surface area contributed by atoms with Crippen LogP contribution in [0.5, 0.6) is 0 Å². The van der Waals surface area contributed by atoms with Crippen molar-refractivity contribution >= 4 is 5.91 Å². The van der Waals surface area contributed by atoms with Gasteiger partial charge in [0, 0.05) is 25.1 Å². The Morgan fingerprint density at radius 3 is 2.57 bits per heavy atom. The van der Waals surface area contributed by atoms with Crippen LogP contribution in [0.4, 0.5) is 4.39 Å². The first-order valence-corrected chi connectivity index (χ1v) is 7.41. The molecule has 1 saturated heterocycles. The third-order valence-corrected chi connectivity index (χ3v) is 3.56. The summed E-state index contributed by atoms with van der Waals surface area (Å²) in [6.45, 7) is 1.40. The summed E-state index contributed by atoms with van der Waals surface area (Å²) in [5.74, 6) is 4.74. The third kappa shape index (κ3) is 4.30. The van der Waals surface area contributed by atoms with Crippen molar-refractivity contribution in [2.45, 2.75) is 32.1 Å². The highest BCUT2D eigenvalue weighted by Gasteiger charge is 2.20. The monoisotopic (exact) mass is 289 g/mol. The fourth-order valence-corrected chi connectivity index (χ4v) is 2.43. The van der Waals surface area contributed by atoms with Gasteiger partial charge in [0.15, 0.2) is 0 Å².